The van der Waals surface area contributed by atoms with Gasteiger partial charge in [-0.05, 0) is 80.0 Å². The van der Waals surface area contributed by atoms with Crippen molar-refractivity contribution < 1.29 is 14.1 Å². The van der Waals surface area contributed by atoms with Crippen molar-refractivity contribution in [3.63, 3.8) is 0 Å². The van der Waals surface area contributed by atoms with Crippen molar-refractivity contribution in [2.24, 2.45) is 5.92 Å². The Labute approximate surface area is 182 Å². The molecule has 5 nitrogen and oxygen atoms in total. The summed E-state index contributed by atoms with van der Waals surface area (Å²) in [6.07, 6.45) is 7.31. The second kappa shape index (κ2) is 7.84. The summed E-state index contributed by atoms with van der Waals surface area (Å²) in [5.41, 5.74) is 3.90. The van der Waals surface area contributed by atoms with E-state index in [9.17, 15) is 14.1 Å². The molecule has 1 fully saturated rings. The van der Waals surface area contributed by atoms with Crippen LogP contribution in [0.25, 0.3) is 0 Å². The maximum Gasteiger partial charge on any atom is 0.151 e. The van der Waals surface area contributed by atoms with Gasteiger partial charge in [-0.1, -0.05) is 19.1 Å². The molecule has 1 saturated carbocycles. The number of ketones is 1. The van der Waals surface area contributed by atoms with Gasteiger partial charge in [-0.2, -0.15) is 0 Å². The Hall–Kier alpha value is -1.57. The van der Waals surface area contributed by atoms with E-state index in [0.29, 0.717) is 16.8 Å². The number of rotatable bonds is 8. The number of hydrogen-bond donors (Lipinski definition) is 2. The minimum absolute atomic E-state index is 0.155. The number of nitrogens with zero attached hydrogens (tertiary/aromatic N) is 1. The van der Waals surface area contributed by atoms with Crippen molar-refractivity contribution in [2.45, 2.75) is 75.0 Å². The quantitative estimate of drug-likeness (QED) is 0.620. The molecule has 2 atom stereocenters. The lowest BCUT2D eigenvalue weighted by Gasteiger charge is -2.19. The molecule has 0 amide bonds. The number of aromatic nitrogens is 1. The van der Waals surface area contributed by atoms with Gasteiger partial charge in [-0.3, -0.25) is 4.79 Å². The Bertz CT molecular complexity index is 1080. The van der Waals surface area contributed by atoms with Crippen molar-refractivity contribution >= 4 is 26.8 Å². The van der Waals surface area contributed by atoms with Gasteiger partial charge in [-0.15, -0.1) is 11.3 Å². The molecule has 7 heteroatoms. The zero-order chi connectivity index (χ0) is 21.7. The lowest BCUT2D eigenvalue weighted by molar-refractivity contribution is -0.116. The van der Waals surface area contributed by atoms with E-state index in [2.05, 4.69) is 24.0 Å². The molecular formula is C23H30N2O3S2. The Morgan fingerprint density at radius 1 is 1.37 bits per heavy atom. The molecule has 1 aromatic heterocycles. The molecule has 2 aliphatic rings. The maximum atomic E-state index is 13.0. The summed E-state index contributed by atoms with van der Waals surface area (Å²) < 4.78 is 21.6. The van der Waals surface area contributed by atoms with Crippen molar-refractivity contribution in [2.75, 3.05) is 5.75 Å². The summed E-state index contributed by atoms with van der Waals surface area (Å²) in [6, 6.07) is 4.43. The first kappa shape index (κ1) is 21.7. The van der Waals surface area contributed by atoms with Crippen LogP contribution in [-0.4, -0.2) is 25.8 Å². The van der Waals surface area contributed by atoms with Crippen LogP contribution in [-0.2, 0) is 39.4 Å². The fourth-order valence-electron chi connectivity index (χ4n) is 4.49. The first-order chi connectivity index (χ1) is 14.1. The van der Waals surface area contributed by atoms with Crippen molar-refractivity contribution in [1.29, 1.82) is 4.78 Å². The highest BCUT2D eigenvalue weighted by Crippen LogP contribution is 2.44. The lowest BCUT2D eigenvalue weighted by Crippen LogP contribution is -2.19. The number of hydrogen-bond acceptors (Lipinski definition) is 6. The highest BCUT2D eigenvalue weighted by Gasteiger charge is 2.32. The predicted octanol–water partition coefficient (Wildman–Crippen LogP) is 4.59. The van der Waals surface area contributed by atoms with Gasteiger partial charge in [0.15, 0.2) is 5.78 Å². The molecule has 0 spiro atoms. The lowest BCUT2D eigenvalue weighted by atomic mass is 9.86. The molecule has 2 aromatic rings. The first-order valence-corrected chi connectivity index (χ1v) is 13.2. The Balaban J connectivity index is 1.57. The molecule has 1 aromatic carbocycles. The number of thiazole rings is 1. The molecule has 0 unspecified atom stereocenters. The molecule has 30 heavy (non-hydrogen) atoms. The van der Waals surface area contributed by atoms with Gasteiger partial charge in [0.25, 0.3) is 0 Å². The molecule has 2 aliphatic carbocycles. The van der Waals surface area contributed by atoms with Crippen LogP contribution >= 0.6 is 11.3 Å². The number of aryl methyl sites for hydroxylation is 1. The summed E-state index contributed by atoms with van der Waals surface area (Å²) in [6.45, 7) is 5.46. The molecular weight excluding hydrogens is 416 g/mol. The second-order valence-electron chi connectivity index (χ2n) is 9.33. The van der Waals surface area contributed by atoms with Crippen molar-refractivity contribution in [3.05, 3.63) is 45.6 Å². The third-order valence-electron chi connectivity index (χ3n) is 6.33. The molecule has 2 N–H and O–H groups in total. The average Bonchev–Trinajstić information content (AvgIpc) is 3.16. The van der Waals surface area contributed by atoms with Gasteiger partial charge in [0.2, 0.25) is 0 Å². The first-order valence-electron chi connectivity index (χ1n) is 10.7. The highest BCUT2D eigenvalue weighted by atomic mass is 32.2. The van der Waals surface area contributed by atoms with Crippen molar-refractivity contribution in [3.8, 4) is 0 Å². The fraction of sp³-hybridized carbons (Fsp3) is 0.565. The zero-order valence-corrected chi connectivity index (χ0v) is 19.5. The van der Waals surface area contributed by atoms with Crippen LogP contribution < -0.4 is 0 Å². The van der Waals surface area contributed by atoms with Crippen LogP contribution in [0.2, 0.25) is 0 Å². The van der Waals surface area contributed by atoms with Gasteiger partial charge < -0.3 is 5.11 Å². The number of Topliss-reactive ketones (excluding diaryl/α,β-unsaturated/α-hetero) is 1. The van der Waals surface area contributed by atoms with E-state index in [1.54, 1.807) is 13.8 Å². The van der Waals surface area contributed by atoms with E-state index in [0.717, 1.165) is 36.2 Å². The molecule has 0 aliphatic heterocycles. The van der Waals surface area contributed by atoms with E-state index < -0.39 is 15.3 Å². The van der Waals surface area contributed by atoms with Crippen LogP contribution in [0.4, 0.5) is 0 Å². The number of carbonyl (C=O) groups excluding carboxylic acids is 1. The van der Waals surface area contributed by atoms with Gasteiger partial charge in [-0.25, -0.2) is 14.0 Å². The third-order valence-corrected chi connectivity index (χ3v) is 9.97. The van der Waals surface area contributed by atoms with Crippen LogP contribution in [0.1, 0.15) is 73.2 Å². The minimum atomic E-state index is -3.27. The molecule has 0 saturated heterocycles. The van der Waals surface area contributed by atoms with E-state index in [4.69, 9.17) is 4.78 Å². The standard InChI is InChI=1S/C23H30N2O3S2/c1-14(15-7-8-15)18-10-9-16-5-4-6-19(16)20(18)11-17(26)13-30(24,28)21-12-25-22(29-21)23(2,3)27/h9-10,12,14-15,24,27H,4-8,11,13H2,1-3H3/t14-,30+/m0/s1. The van der Waals surface area contributed by atoms with Crippen LogP contribution in [0, 0.1) is 10.7 Å². The number of benzene rings is 1. The largest absolute Gasteiger partial charge is 0.383 e. The zero-order valence-electron chi connectivity index (χ0n) is 17.9. The van der Waals surface area contributed by atoms with Gasteiger partial charge >= 0.3 is 0 Å². The Kier molecular flexibility index (Phi) is 5.66. The Morgan fingerprint density at radius 2 is 2.10 bits per heavy atom. The summed E-state index contributed by atoms with van der Waals surface area (Å²) >= 11 is 1.06. The molecule has 0 radical (unpaired) electrons. The fourth-order valence-corrected chi connectivity index (χ4v) is 7.01. The number of nitrogens with one attached hydrogen (secondary N) is 1. The normalized spacial score (nSPS) is 19.3. The monoisotopic (exact) mass is 446 g/mol. The molecule has 4 rings (SSSR count). The number of carbonyl (C=O) groups is 1. The maximum absolute atomic E-state index is 13.0. The van der Waals surface area contributed by atoms with E-state index in [-0.39, 0.29) is 22.2 Å². The van der Waals surface area contributed by atoms with E-state index >= 15 is 0 Å². The van der Waals surface area contributed by atoms with Gasteiger partial charge in [0.1, 0.15) is 14.8 Å². The summed E-state index contributed by atoms with van der Waals surface area (Å²) in [7, 11) is -3.27. The van der Waals surface area contributed by atoms with Crippen LogP contribution in [0.15, 0.2) is 22.5 Å². The number of aliphatic hydroxyl groups is 1. The predicted molar refractivity (Wildman–Crippen MR) is 120 cm³/mol. The van der Waals surface area contributed by atoms with Crippen LogP contribution in [0.3, 0.4) is 0 Å². The smallest absolute Gasteiger partial charge is 0.151 e. The highest BCUT2D eigenvalue weighted by molar-refractivity contribution is 7.95. The summed E-state index contributed by atoms with van der Waals surface area (Å²) in [4.78, 5) is 17.1. The van der Waals surface area contributed by atoms with E-state index in [1.165, 1.54) is 35.7 Å². The summed E-state index contributed by atoms with van der Waals surface area (Å²) in [5, 5.41) is 10.5. The molecule has 0 bridgehead atoms. The van der Waals surface area contributed by atoms with E-state index in [1.807, 2.05) is 0 Å². The molecule has 1 heterocycles. The average molecular weight is 447 g/mol. The third kappa shape index (κ3) is 4.39. The summed E-state index contributed by atoms with van der Waals surface area (Å²) in [5.74, 6) is 0.685. The van der Waals surface area contributed by atoms with Crippen molar-refractivity contribution in [1.82, 2.24) is 4.98 Å². The molecule has 162 valence electrons. The Morgan fingerprint density at radius 3 is 2.73 bits per heavy atom. The number of fused-ring (bicyclic) bond motifs is 1. The second-order valence-corrected chi connectivity index (χ2v) is 12.7. The van der Waals surface area contributed by atoms with Gasteiger partial charge in [0, 0.05) is 6.42 Å². The topological polar surface area (TPSA) is 91.1 Å². The van der Waals surface area contributed by atoms with Crippen LogP contribution in [0.5, 0.6) is 0 Å². The van der Waals surface area contributed by atoms with Gasteiger partial charge in [0.05, 0.1) is 21.7 Å². The SMILES string of the molecule is C[C@H](c1ccc2c(c1CC(=O)C[S@@](=N)(=O)c1cnc(C(C)(C)O)s1)CCC2)C1CC1. The minimum Gasteiger partial charge on any atom is -0.383 e.